The number of carbonyl (C=O) groups is 1. The van der Waals surface area contributed by atoms with Crippen LogP contribution in [0.5, 0.6) is 0 Å². The van der Waals surface area contributed by atoms with Crippen molar-refractivity contribution in [2.24, 2.45) is 11.7 Å². The van der Waals surface area contributed by atoms with E-state index in [-0.39, 0.29) is 11.9 Å². The number of thiazole rings is 1. The van der Waals surface area contributed by atoms with Crippen LogP contribution in [0.25, 0.3) is 9.88 Å². The topological polar surface area (TPSA) is 59.2 Å². The van der Waals surface area contributed by atoms with Crippen LogP contribution in [0.2, 0.25) is 4.34 Å². The predicted molar refractivity (Wildman–Crippen MR) is 97.5 cm³/mol. The lowest BCUT2D eigenvalue weighted by molar-refractivity contribution is 0.0685. The van der Waals surface area contributed by atoms with Gasteiger partial charge < -0.3 is 10.6 Å². The summed E-state index contributed by atoms with van der Waals surface area (Å²) in [5, 5.41) is 0.869. The summed E-state index contributed by atoms with van der Waals surface area (Å²) in [6, 6.07) is 4.01. The molecule has 1 aliphatic heterocycles. The molecule has 2 aromatic rings. The Bertz CT molecular complexity index is 702. The number of halogens is 1. The smallest absolute Gasteiger partial charge is 0.265 e. The zero-order valence-corrected chi connectivity index (χ0v) is 15.6. The van der Waals surface area contributed by atoms with E-state index < -0.39 is 0 Å². The molecule has 0 aliphatic carbocycles. The molecule has 0 radical (unpaired) electrons. The zero-order valence-electron chi connectivity index (χ0n) is 13.2. The number of aromatic nitrogens is 1. The number of nitrogens with two attached hydrogens (primary N) is 1. The van der Waals surface area contributed by atoms with E-state index in [1.165, 1.54) is 22.7 Å². The van der Waals surface area contributed by atoms with Crippen molar-refractivity contribution in [3.8, 4) is 9.88 Å². The highest BCUT2D eigenvalue weighted by atomic mass is 35.5. The van der Waals surface area contributed by atoms with Crippen molar-refractivity contribution in [3.05, 3.63) is 27.0 Å². The van der Waals surface area contributed by atoms with E-state index in [1.54, 1.807) is 0 Å². The quantitative estimate of drug-likeness (QED) is 0.888. The molecule has 0 bridgehead atoms. The Hall–Kier alpha value is -0.950. The minimum atomic E-state index is 0.0945. The molecule has 4 nitrogen and oxygen atoms in total. The molecule has 0 saturated carbocycles. The molecule has 7 heteroatoms. The molecule has 2 aromatic heterocycles. The van der Waals surface area contributed by atoms with Crippen LogP contribution in [-0.2, 0) is 0 Å². The fourth-order valence-corrected chi connectivity index (χ4v) is 5.03. The summed E-state index contributed by atoms with van der Waals surface area (Å²) in [7, 11) is 0. The molecule has 0 spiro atoms. The molecule has 2 N–H and O–H groups in total. The number of thiophene rings is 1. The van der Waals surface area contributed by atoms with Crippen LogP contribution in [0.3, 0.4) is 0 Å². The lowest BCUT2D eigenvalue weighted by Crippen LogP contribution is -2.42. The maximum Gasteiger partial charge on any atom is 0.265 e. The van der Waals surface area contributed by atoms with Crippen molar-refractivity contribution in [1.29, 1.82) is 0 Å². The van der Waals surface area contributed by atoms with E-state index in [9.17, 15) is 4.79 Å². The first-order chi connectivity index (χ1) is 11.0. The second kappa shape index (κ2) is 6.89. The van der Waals surface area contributed by atoms with Crippen molar-refractivity contribution >= 4 is 40.2 Å². The summed E-state index contributed by atoms with van der Waals surface area (Å²) in [5.41, 5.74) is 6.77. The summed E-state index contributed by atoms with van der Waals surface area (Å²) in [5.74, 6) is 0.613. The molecule has 124 valence electrons. The molecule has 1 unspecified atom stereocenters. The molecule has 1 atom stereocenters. The summed E-state index contributed by atoms with van der Waals surface area (Å²) in [6.45, 7) is 5.51. The second-order valence-corrected chi connectivity index (χ2v) is 8.74. The van der Waals surface area contributed by atoms with Gasteiger partial charge in [0.05, 0.1) is 14.9 Å². The van der Waals surface area contributed by atoms with Gasteiger partial charge in [0.2, 0.25) is 0 Å². The molecule has 3 heterocycles. The third kappa shape index (κ3) is 3.60. The molecule has 23 heavy (non-hydrogen) atoms. The highest BCUT2D eigenvalue weighted by Crippen LogP contribution is 2.35. The molecule has 0 aromatic carbocycles. The van der Waals surface area contributed by atoms with Crippen LogP contribution < -0.4 is 5.73 Å². The summed E-state index contributed by atoms with van der Waals surface area (Å²) >= 11 is 8.94. The van der Waals surface area contributed by atoms with E-state index >= 15 is 0 Å². The average Bonchev–Trinajstić information content (AvgIpc) is 3.12. The lowest BCUT2D eigenvalue weighted by atomic mass is 9.91. The third-order valence-electron chi connectivity index (χ3n) is 4.35. The van der Waals surface area contributed by atoms with Crippen molar-refractivity contribution in [1.82, 2.24) is 9.88 Å². The Morgan fingerprint density at radius 3 is 2.65 bits per heavy atom. The minimum Gasteiger partial charge on any atom is -0.338 e. The third-order valence-corrected chi connectivity index (χ3v) is 6.89. The first-order valence-corrected chi connectivity index (χ1v) is 9.75. The number of aryl methyl sites for hydroxylation is 1. The highest BCUT2D eigenvalue weighted by Gasteiger charge is 2.28. The Morgan fingerprint density at radius 2 is 2.09 bits per heavy atom. The van der Waals surface area contributed by atoms with Gasteiger partial charge in [0, 0.05) is 19.1 Å². The van der Waals surface area contributed by atoms with Crippen LogP contribution in [0, 0.1) is 12.8 Å². The van der Waals surface area contributed by atoms with Crippen LogP contribution >= 0.6 is 34.3 Å². The maximum atomic E-state index is 12.8. The van der Waals surface area contributed by atoms with Gasteiger partial charge in [-0.05, 0) is 44.7 Å². The Morgan fingerprint density at radius 1 is 1.39 bits per heavy atom. The molecule has 1 saturated heterocycles. The first-order valence-electron chi connectivity index (χ1n) is 7.73. The van der Waals surface area contributed by atoms with E-state index in [0.29, 0.717) is 5.92 Å². The maximum absolute atomic E-state index is 12.8. The van der Waals surface area contributed by atoms with Gasteiger partial charge in [-0.1, -0.05) is 11.6 Å². The van der Waals surface area contributed by atoms with Gasteiger partial charge in [-0.25, -0.2) is 4.98 Å². The molecular weight excluding hydrogens is 350 g/mol. The van der Waals surface area contributed by atoms with Gasteiger partial charge in [0.15, 0.2) is 0 Å². The van der Waals surface area contributed by atoms with E-state index in [1.807, 2.05) is 30.9 Å². The van der Waals surface area contributed by atoms with Gasteiger partial charge in [0.25, 0.3) is 5.91 Å². The number of likely N-dealkylation sites (tertiary alicyclic amines) is 1. The molecular formula is C16H20ClN3OS2. The SMILES string of the molecule is Cc1nc(-c2ccc(Cl)s2)sc1C(=O)N1CCC(C(C)N)CC1. The van der Waals surface area contributed by atoms with Crippen LogP contribution in [-0.4, -0.2) is 34.9 Å². The van der Waals surface area contributed by atoms with Crippen molar-refractivity contribution in [2.75, 3.05) is 13.1 Å². The number of hydrogen-bond donors (Lipinski definition) is 1. The molecule has 1 aliphatic rings. The van der Waals surface area contributed by atoms with Crippen molar-refractivity contribution in [2.45, 2.75) is 32.7 Å². The summed E-state index contributed by atoms with van der Waals surface area (Å²) in [6.07, 6.45) is 1.96. The fourth-order valence-electron chi connectivity index (χ4n) is 2.90. The normalized spacial score (nSPS) is 17.5. The highest BCUT2D eigenvalue weighted by molar-refractivity contribution is 7.24. The standard InChI is InChI=1S/C16H20ClN3OS2/c1-9(18)11-5-7-20(8-6-11)16(21)14-10(2)19-15(23-14)12-3-4-13(17)22-12/h3-4,9,11H,5-8,18H2,1-2H3. The summed E-state index contributed by atoms with van der Waals surface area (Å²) < 4.78 is 0.735. The molecule has 1 amide bonds. The van der Waals surface area contributed by atoms with Crippen molar-refractivity contribution < 1.29 is 4.79 Å². The Kier molecular flexibility index (Phi) is 5.06. The van der Waals surface area contributed by atoms with Crippen LogP contribution in [0.15, 0.2) is 12.1 Å². The Balaban J connectivity index is 1.74. The predicted octanol–water partition coefficient (Wildman–Crippen LogP) is 4.03. The monoisotopic (exact) mass is 369 g/mol. The second-order valence-electron chi connectivity index (χ2n) is 6.03. The van der Waals surface area contributed by atoms with Gasteiger partial charge in [-0.3, -0.25) is 4.79 Å². The number of hydrogen-bond acceptors (Lipinski definition) is 5. The van der Waals surface area contributed by atoms with Gasteiger partial charge in [0.1, 0.15) is 9.88 Å². The first kappa shape index (κ1) is 16.9. The lowest BCUT2D eigenvalue weighted by Gasteiger charge is -2.33. The Labute approximate surface area is 149 Å². The van der Waals surface area contributed by atoms with Crippen molar-refractivity contribution in [3.63, 3.8) is 0 Å². The average molecular weight is 370 g/mol. The fraction of sp³-hybridized carbons (Fsp3) is 0.500. The minimum absolute atomic E-state index is 0.0945. The number of carbonyl (C=O) groups excluding carboxylic acids is 1. The van der Waals surface area contributed by atoms with Gasteiger partial charge in [-0.2, -0.15) is 0 Å². The number of amides is 1. The van der Waals surface area contributed by atoms with Crippen LogP contribution in [0.1, 0.15) is 35.1 Å². The number of rotatable bonds is 3. The van der Waals surface area contributed by atoms with E-state index in [4.69, 9.17) is 17.3 Å². The molecule has 3 rings (SSSR count). The van der Waals surface area contributed by atoms with E-state index in [2.05, 4.69) is 4.98 Å². The van der Waals surface area contributed by atoms with Crippen LogP contribution in [0.4, 0.5) is 0 Å². The van der Waals surface area contributed by atoms with E-state index in [0.717, 1.165) is 50.7 Å². The summed E-state index contributed by atoms with van der Waals surface area (Å²) in [4.78, 5) is 21.0. The van der Waals surface area contributed by atoms with Gasteiger partial charge in [-0.15, -0.1) is 22.7 Å². The molecule has 1 fully saturated rings. The zero-order chi connectivity index (χ0) is 16.6. The number of nitrogens with zero attached hydrogens (tertiary/aromatic N) is 2. The number of piperidine rings is 1. The largest absolute Gasteiger partial charge is 0.338 e. The van der Waals surface area contributed by atoms with Gasteiger partial charge >= 0.3 is 0 Å².